The van der Waals surface area contributed by atoms with Crippen LogP contribution in [0.1, 0.15) is 18.4 Å². The average molecular weight is 312 g/mol. The summed E-state index contributed by atoms with van der Waals surface area (Å²) in [5.41, 5.74) is 1.86. The van der Waals surface area contributed by atoms with E-state index in [2.05, 4.69) is 10.6 Å². The molecule has 1 saturated carbocycles. The second-order valence-electron chi connectivity index (χ2n) is 5.77. The molecule has 2 aromatic rings. The first-order valence-electron chi connectivity index (χ1n) is 7.72. The van der Waals surface area contributed by atoms with Gasteiger partial charge in [0.05, 0.1) is 0 Å². The van der Waals surface area contributed by atoms with Crippen molar-refractivity contribution in [1.29, 1.82) is 0 Å². The molecular formula is C18H20N2O3. The number of ether oxygens (including phenoxy) is 1. The molecule has 0 spiro atoms. The molecule has 0 atom stereocenters. The van der Waals surface area contributed by atoms with Gasteiger partial charge < -0.3 is 20.5 Å². The summed E-state index contributed by atoms with van der Waals surface area (Å²) in [5, 5.41) is 15.6. The normalized spacial score (nSPS) is 19.5. The topological polar surface area (TPSA) is 70.6 Å². The molecule has 3 N–H and O–H groups in total. The number of nitrogens with one attached hydrogen (secondary N) is 2. The fourth-order valence-corrected chi connectivity index (χ4v) is 2.62. The summed E-state index contributed by atoms with van der Waals surface area (Å²) in [6.45, 7) is 0.282. The number of phenolic OH excluding ortho intramolecular Hbond substituents is 1. The maximum atomic E-state index is 11.7. The predicted octanol–water partition coefficient (Wildman–Crippen LogP) is 3.26. The van der Waals surface area contributed by atoms with Crippen LogP contribution >= 0.6 is 0 Å². The zero-order chi connectivity index (χ0) is 16.1. The first-order valence-corrected chi connectivity index (χ1v) is 7.72. The smallest absolute Gasteiger partial charge is 0.407 e. The van der Waals surface area contributed by atoms with Gasteiger partial charge in [-0.15, -0.1) is 0 Å². The molecule has 3 rings (SSSR count). The van der Waals surface area contributed by atoms with Crippen LogP contribution in [-0.2, 0) is 11.3 Å². The Morgan fingerprint density at radius 3 is 2.61 bits per heavy atom. The molecule has 0 heterocycles. The van der Waals surface area contributed by atoms with E-state index in [0.717, 1.165) is 24.1 Å². The Balaban J connectivity index is 1.36. The average Bonchev–Trinajstić information content (AvgIpc) is 2.52. The van der Waals surface area contributed by atoms with Crippen molar-refractivity contribution >= 4 is 11.8 Å². The molecule has 1 fully saturated rings. The molecule has 23 heavy (non-hydrogen) atoms. The molecule has 1 amide bonds. The third kappa shape index (κ3) is 4.39. The molecule has 1 aliphatic carbocycles. The second kappa shape index (κ2) is 7.05. The van der Waals surface area contributed by atoms with Crippen molar-refractivity contribution in [3.8, 4) is 5.75 Å². The first-order chi connectivity index (χ1) is 11.2. The highest BCUT2D eigenvalue weighted by atomic mass is 16.5. The van der Waals surface area contributed by atoms with Gasteiger partial charge >= 0.3 is 6.09 Å². The Morgan fingerprint density at radius 1 is 1.09 bits per heavy atom. The van der Waals surface area contributed by atoms with Gasteiger partial charge in [-0.05, 0) is 30.5 Å². The summed E-state index contributed by atoms with van der Waals surface area (Å²) in [7, 11) is 0. The number of amides is 1. The van der Waals surface area contributed by atoms with Crippen molar-refractivity contribution in [2.24, 2.45) is 0 Å². The van der Waals surface area contributed by atoms with Crippen molar-refractivity contribution in [3.05, 3.63) is 60.2 Å². The SMILES string of the molecule is O=C(NC1CC(Nc2cccc(O)c2)C1)OCc1ccccc1. The van der Waals surface area contributed by atoms with Crippen molar-refractivity contribution in [1.82, 2.24) is 5.32 Å². The highest BCUT2D eigenvalue weighted by molar-refractivity contribution is 5.67. The lowest BCUT2D eigenvalue weighted by Crippen LogP contribution is -2.49. The molecule has 0 bridgehead atoms. The van der Waals surface area contributed by atoms with Gasteiger partial charge in [-0.25, -0.2) is 4.79 Å². The van der Waals surface area contributed by atoms with Crippen LogP contribution in [0.4, 0.5) is 10.5 Å². The van der Waals surface area contributed by atoms with Crippen molar-refractivity contribution in [3.63, 3.8) is 0 Å². The highest BCUT2D eigenvalue weighted by Gasteiger charge is 2.30. The summed E-state index contributed by atoms with van der Waals surface area (Å²) in [4.78, 5) is 11.7. The van der Waals surface area contributed by atoms with E-state index in [9.17, 15) is 9.90 Å². The minimum Gasteiger partial charge on any atom is -0.508 e. The Bertz CT molecular complexity index is 654. The molecule has 0 unspecified atom stereocenters. The van der Waals surface area contributed by atoms with E-state index < -0.39 is 0 Å². The molecule has 120 valence electrons. The highest BCUT2D eigenvalue weighted by Crippen LogP contribution is 2.25. The lowest BCUT2D eigenvalue weighted by Gasteiger charge is -2.36. The lowest BCUT2D eigenvalue weighted by molar-refractivity contribution is 0.129. The molecule has 0 radical (unpaired) electrons. The van der Waals surface area contributed by atoms with Crippen LogP contribution in [0.3, 0.4) is 0 Å². The first kappa shape index (κ1) is 15.2. The number of hydrogen-bond acceptors (Lipinski definition) is 4. The molecular weight excluding hydrogens is 292 g/mol. The minimum absolute atomic E-state index is 0.132. The van der Waals surface area contributed by atoms with E-state index in [0.29, 0.717) is 6.04 Å². The maximum Gasteiger partial charge on any atom is 0.407 e. The Labute approximate surface area is 135 Å². The van der Waals surface area contributed by atoms with E-state index in [1.807, 2.05) is 36.4 Å². The lowest BCUT2D eigenvalue weighted by atomic mass is 9.86. The fraction of sp³-hybridized carbons (Fsp3) is 0.278. The number of carbonyl (C=O) groups excluding carboxylic acids is 1. The van der Waals surface area contributed by atoms with Crippen LogP contribution in [0.2, 0.25) is 0 Å². The molecule has 5 nitrogen and oxygen atoms in total. The Hall–Kier alpha value is -2.69. The number of hydrogen-bond donors (Lipinski definition) is 3. The zero-order valence-electron chi connectivity index (χ0n) is 12.7. The van der Waals surface area contributed by atoms with Gasteiger partial charge in [-0.1, -0.05) is 36.4 Å². The summed E-state index contributed by atoms with van der Waals surface area (Å²) in [5.74, 6) is 0.244. The van der Waals surface area contributed by atoms with Gasteiger partial charge in [-0.2, -0.15) is 0 Å². The largest absolute Gasteiger partial charge is 0.508 e. The van der Waals surface area contributed by atoms with Crippen molar-refractivity contribution in [2.75, 3.05) is 5.32 Å². The van der Waals surface area contributed by atoms with Gasteiger partial charge in [0, 0.05) is 23.8 Å². The fourth-order valence-electron chi connectivity index (χ4n) is 2.62. The zero-order valence-corrected chi connectivity index (χ0v) is 12.7. The molecule has 1 aliphatic rings. The summed E-state index contributed by atoms with van der Waals surface area (Å²) < 4.78 is 5.20. The van der Waals surface area contributed by atoms with Crippen molar-refractivity contribution < 1.29 is 14.6 Å². The Morgan fingerprint density at radius 2 is 1.87 bits per heavy atom. The number of alkyl carbamates (subject to hydrolysis) is 1. The monoisotopic (exact) mass is 312 g/mol. The molecule has 5 heteroatoms. The van der Waals surface area contributed by atoms with Crippen LogP contribution in [0, 0.1) is 0 Å². The van der Waals surface area contributed by atoms with Crippen LogP contribution in [-0.4, -0.2) is 23.3 Å². The van der Waals surface area contributed by atoms with Gasteiger partial charge in [-0.3, -0.25) is 0 Å². The van der Waals surface area contributed by atoms with E-state index >= 15 is 0 Å². The third-order valence-electron chi connectivity index (χ3n) is 3.89. The number of aromatic hydroxyl groups is 1. The molecule has 0 saturated heterocycles. The quantitative estimate of drug-likeness (QED) is 0.792. The summed E-state index contributed by atoms with van der Waals surface area (Å²) in [6, 6.07) is 17.1. The van der Waals surface area contributed by atoms with Gasteiger partial charge in [0.15, 0.2) is 0 Å². The maximum absolute atomic E-state index is 11.7. The van der Waals surface area contributed by atoms with E-state index in [-0.39, 0.29) is 24.5 Å². The standard InChI is InChI=1S/C18H20N2O3/c21-17-8-4-7-14(11-17)19-15-9-16(10-15)20-18(22)23-12-13-5-2-1-3-6-13/h1-8,11,15-16,19,21H,9-10,12H2,(H,20,22). The van der Waals surface area contributed by atoms with Crippen LogP contribution in [0.15, 0.2) is 54.6 Å². The predicted molar refractivity (Wildman–Crippen MR) is 88.3 cm³/mol. The Kier molecular flexibility index (Phi) is 4.66. The van der Waals surface area contributed by atoms with Gasteiger partial charge in [0.1, 0.15) is 12.4 Å². The van der Waals surface area contributed by atoms with E-state index in [1.54, 1.807) is 18.2 Å². The van der Waals surface area contributed by atoms with Crippen LogP contribution in [0.5, 0.6) is 5.75 Å². The van der Waals surface area contributed by atoms with Crippen LogP contribution < -0.4 is 10.6 Å². The second-order valence-corrected chi connectivity index (χ2v) is 5.77. The number of rotatable bonds is 5. The molecule has 0 aromatic heterocycles. The van der Waals surface area contributed by atoms with E-state index in [1.165, 1.54) is 0 Å². The minimum atomic E-state index is -0.380. The number of phenols is 1. The summed E-state index contributed by atoms with van der Waals surface area (Å²) >= 11 is 0. The number of benzene rings is 2. The summed E-state index contributed by atoms with van der Waals surface area (Å²) in [6.07, 6.45) is 1.31. The molecule has 2 aromatic carbocycles. The van der Waals surface area contributed by atoms with Crippen molar-refractivity contribution in [2.45, 2.75) is 31.5 Å². The van der Waals surface area contributed by atoms with Crippen LogP contribution in [0.25, 0.3) is 0 Å². The molecule has 0 aliphatic heterocycles. The van der Waals surface area contributed by atoms with Gasteiger partial charge in [0.2, 0.25) is 0 Å². The number of anilines is 1. The van der Waals surface area contributed by atoms with Gasteiger partial charge in [0.25, 0.3) is 0 Å². The number of carbonyl (C=O) groups is 1. The van der Waals surface area contributed by atoms with E-state index in [4.69, 9.17) is 4.74 Å². The third-order valence-corrected chi connectivity index (χ3v) is 3.89.